The summed E-state index contributed by atoms with van der Waals surface area (Å²) in [6.45, 7) is 6.05. The summed E-state index contributed by atoms with van der Waals surface area (Å²) in [7, 11) is 1.24. The fraction of sp³-hybridized carbons (Fsp3) is 0.519. The van der Waals surface area contributed by atoms with Crippen molar-refractivity contribution in [2.45, 2.75) is 43.7 Å². The van der Waals surface area contributed by atoms with E-state index in [4.69, 9.17) is 26.9 Å². The maximum atomic E-state index is 13.5. The molecule has 0 saturated carbocycles. The number of ether oxygens (including phenoxy) is 1. The molecule has 0 radical (unpaired) electrons. The van der Waals surface area contributed by atoms with Crippen LogP contribution >= 0.6 is 23.4 Å². The van der Waals surface area contributed by atoms with Crippen molar-refractivity contribution in [1.29, 1.82) is 0 Å². The molecule has 0 aliphatic carbocycles. The Labute approximate surface area is 257 Å². The third-order valence-corrected chi connectivity index (χ3v) is 9.52. The number of nitrogens with zero attached hydrogens (tertiary/aromatic N) is 3. The van der Waals surface area contributed by atoms with Crippen molar-refractivity contribution in [1.82, 2.24) is 10.2 Å². The van der Waals surface area contributed by atoms with Crippen LogP contribution in [0.3, 0.4) is 0 Å². The highest BCUT2D eigenvalue weighted by Gasteiger charge is 2.55. The van der Waals surface area contributed by atoms with Gasteiger partial charge >= 0.3 is 11.9 Å². The molecule has 0 aromatic heterocycles. The number of carbonyl (C=O) groups excluding carboxylic acids is 3. The van der Waals surface area contributed by atoms with Gasteiger partial charge in [0.1, 0.15) is 23.7 Å². The summed E-state index contributed by atoms with van der Waals surface area (Å²) >= 11 is 7.55. The number of fused-ring (bicyclic) bond motifs is 1. The number of nitrogens with two attached hydrogens (primary N) is 1. The Morgan fingerprint density at radius 3 is 2.53 bits per heavy atom. The molecule has 3 aliphatic rings. The number of oxime groups is 1. The second-order valence-electron chi connectivity index (χ2n) is 11.1. The number of nitrogens with one attached hydrogen (secondary N) is 1. The van der Waals surface area contributed by atoms with E-state index in [0.717, 1.165) is 48.6 Å². The van der Waals surface area contributed by atoms with Crippen LogP contribution in [0.4, 0.5) is 0 Å². The molecule has 2 atom stereocenters. The molecule has 0 spiro atoms. The molecule has 2 fully saturated rings. The molecule has 16 heteroatoms. The number of β-lactam (4-membered cyclic amide) rings is 1. The molecule has 2 amide bonds. The minimum Gasteiger partial charge on any atom is -0.504 e. The molecule has 3 aliphatic heterocycles. The molecular weight excluding hydrogens is 606 g/mol. The first-order chi connectivity index (χ1) is 20.3. The van der Waals surface area contributed by atoms with Gasteiger partial charge in [0.15, 0.2) is 17.2 Å². The van der Waals surface area contributed by atoms with E-state index in [9.17, 15) is 34.5 Å². The summed E-state index contributed by atoms with van der Waals surface area (Å²) in [5.41, 5.74) is 4.25. The normalized spacial score (nSPS) is 21.7. The molecular formula is C27H35ClN5O9S+. The van der Waals surface area contributed by atoms with Gasteiger partial charge < -0.3 is 40.4 Å². The minimum atomic E-state index is -1.85. The monoisotopic (exact) mass is 640 g/mol. The van der Waals surface area contributed by atoms with E-state index in [1.165, 1.54) is 43.7 Å². The average Bonchev–Trinajstić information content (AvgIpc) is 3.43. The number of likely N-dealkylation sites (tertiary alicyclic amines) is 1. The lowest BCUT2D eigenvalue weighted by atomic mass is 10.0. The number of methoxy groups -OCH3 is 1. The van der Waals surface area contributed by atoms with E-state index < -0.39 is 63.0 Å². The van der Waals surface area contributed by atoms with Crippen molar-refractivity contribution in [2.24, 2.45) is 10.9 Å². The second kappa shape index (κ2) is 12.6. The maximum absolute atomic E-state index is 13.5. The Morgan fingerprint density at radius 2 is 1.93 bits per heavy atom. The van der Waals surface area contributed by atoms with E-state index >= 15 is 0 Å². The van der Waals surface area contributed by atoms with Crippen LogP contribution in [-0.2, 0) is 28.8 Å². The number of thioether (sulfide) groups is 1. The number of carboxylic acids is 1. The molecule has 0 bridgehead atoms. The molecule has 234 valence electrons. The van der Waals surface area contributed by atoms with Crippen molar-refractivity contribution < 1.29 is 48.6 Å². The lowest BCUT2D eigenvalue weighted by Gasteiger charge is -2.50. The number of halogens is 1. The van der Waals surface area contributed by atoms with Crippen molar-refractivity contribution in [3.8, 4) is 11.5 Å². The van der Waals surface area contributed by atoms with Crippen LogP contribution in [0, 0.1) is 0 Å². The summed E-state index contributed by atoms with van der Waals surface area (Å²) < 4.78 is 5.78. The third kappa shape index (κ3) is 6.25. The van der Waals surface area contributed by atoms with Gasteiger partial charge in [0.25, 0.3) is 11.8 Å². The van der Waals surface area contributed by atoms with E-state index in [2.05, 4.69) is 10.5 Å². The van der Waals surface area contributed by atoms with Gasteiger partial charge in [-0.05, 0) is 26.0 Å². The largest absolute Gasteiger partial charge is 0.504 e. The van der Waals surface area contributed by atoms with Crippen LogP contribution in [-0.4, -0.2) is 117 Å². The topological polar surface area (TPSA) is 201 Å². The number of benzene rings is 1. The first kappa shape index (κ1) is 32.4. The number of aromatic hydroxyl groups is 2. The van der Waals surface area contributed by atoms with E-state index in [1.807, 2.05) is 0 Å². The molecule has 3 heterocycles. The van der Waals surface area contributed by atoms with Crippen molar-refractivity contribution >= 4 is 52.8 Å². The zero-order valence-corrected chi connectivity index (χ0v) is 25.5. The summed E-state index contributed by atoms with van der Waals surface area (Å²) in [5, 5.41) is 34.5. The van der Waals surface area contributed by atoms with Gasteiger partial charge in [-0.1, -0.05) is 16.8 Å². The van der Waals surface area contributed by atoms with Crippen LogP contribution in [0.25, 0.3) is 0 Å². The van der Waals surface area contributed by atoms with Crippen LogP contribution < -0.4 is 11.1 Å². The molecule has 2 saturated heterocycles. The van der Waals surface area contributed by atoms with Gasteiger partial charge in [0.2, 0.25) is 5.60 Å². The van der Waals surface area contributed by atoms with Gasteiger partial charge in [0, 0.05) is 36.3 Å². The van der Waals surface area contributed by atoms with Crippen LogP contribution in [0.5, 0.6) is 11.5 Å². The maximum Gasteiger partial charge on any atom is 0.355 e. The fourth-order valence-corrected chi connectivity index (χ4v) is 6.98. The quantitative estimate of drug-likeness (QED) is 0.0570. The van der Waals surface area contributed by atoms with Gasteiger partial charge in [-0.15, -0.1) is 11.8 Å². The number of phenolic OH excluding ortho intramolecular Hbond substituents is 2. The molecule has 4 rings (SSSR count). The van der Waals surface area contributed by atoms with Crippen molar-refractivity contribution in [3.63, 3.8) is 0 Å². The van der Waals surface area contributed by atoms with Crippen LogP contribution in [0.15, 0.2) is 28.6 Å². The Hall–Kier alpha value is -3.53. The Kier molecular flexibility index (Phi) is 9.49. The van der Waals surface area contributed by atoms with E-state index in [0.29, 0.717) is 18.8 Å². The number of quaternary nitrogens is 1. The number of carboxylic acid groups (broad SMARTS) is 1. The molecule has 43 heavy (non-hydrogen) atoms. The Morgan fingerprint density at radius 1 is 1.26 bits per heavy atom. The number of aliphatic carboxylic acids is 1. The fourth-order valence-electron chi connectivity index (χ4n) is 5.39. The number of phenols is 2. The van der Waals surface area contributed by atoms with Gasteiger partial charge in [-0.3, -0.25) is 14.5 Å². The number of carbonyl (C=O) groups is 4. The number of amides is 2. The molecule has 6 N–H and O–H groups in total. The predicted octanol–water partition coefficient (Wildman–Crippen LogP) is 0.731. The van der Waals surface area contributed by atoms with Crippen molar-refractivity contribution in [3.05, 3.63) is 34.0 Å². The lowest BCUT2D eigenvalue weighted by molar-refractivity contribution is -0.910. The molecule has 1 aromatic carbocycles. The zero-order chi connectivity index (χ0) is 31.7. The number of hydrogen-bond acceptors (Lipinski definition) is 11. The molecule has 0 unspecified atom stereocenters. The highest BCUT2D eigenvalue weighted by atomic mass is 35.5. The third-order valence-electron chi connectivity index (χ3n) is 7.80. The van der Waals surface area contributed by atoms with Gasteiger partial charge in [0.05, 0.1) is 31.8 Å². The number of rotatable bonds is 11. The Balaban J connectivity index is 1.62. The summed E-state index contributed by atoms with van der Waals surface area (Å²) in [6, 6.07) is 1.16. The lowest BCUT2D eigenvalue weighted by Crippen LogP contribution is -2.71. The summed E-state index contributed by atoms with van der Waals surface area (Å²) in [6.07, 6.45) is 2.10. The van der Waals surface area contributed by atoms with Crippen LogP contribution in [0.2, 0.25) is 5.02 Å². The van der Waals surface area contributed by atoms with E-state index in [1.54, 1.807) is 0 Å². The SMILES string of the molecule is COC(=O)C1=C(C[N+]2(CCN)CCCC2)CS[C@@H]2[C@H](NC(=O)/C(=N\OC(C)(C)C(=O)O)c3ccc(O)c(O)c3Cl)C(=O)N12. The van der Waals surface area contributed by atoms with Crippen molar-refractivity contribution in [2.75, 3.05) is 45.6 Å². The van der Waals surface area contributed by atoms with Gasteiger partial charge in [-0.2, -0.15) is 0 Å². The summed E-state index contributed by atoms with van der Waals surface area (Å²) in [5.74, 6) is -4.43. The average molecular weight is 641 g/mol. The molecule has 1 aromatic rings. The van der Waals surface area contributed by atoms with E-state index in [-0.39, 0.29) is 11.3 Å². The first-order valence-electron chi connectivity index (χ1n) is 13.6. The standard InChI is InChI=1S/C27H34ClN5O9S/c1-27(2,26(39)40)42-31-18(15-6-7-16(34)21(35)17(15)28)22(36)30-19-23(37)32-20(25(38)41-3)14(13-43-24(19)32)12-33(11-8-29)9-4-5-10-33/h6-7,19,24H,4-5,8-13,29H2,1-3H3,(H3-,30,31,34,35,36,39,40)/p+1/t19-,24-/m1/s1. The second-order valence-corrected chi connectivity index (χ2v) is 12.6. The summed E-state index contributed by atoms with van der Waals surface area (Å²) in [4.78, 5) is 57.9. The minimum absolute atomic E-state index is 0.162. The molecule has 14 nitrogen and oxygen atoms in total. The highest BCUT2D eigenvalue weighted by Crippen LogP contribution is 2.42. The predicted molar refractivity (Wildman–Crippen MR) is 156 cm³/mol. The number of hydrogen-bond donors (Lipinski definition) is 5. The smallest absolute Gasteiger partial charge is 0.355 e. The highest BCUT2D eigenvalue weighted by molar-refractivity contribution is 8.00. The first-order valence-corrected chi connectivity index (χ1v) is 15.0. The Bertz CT molecular complexity index is 1390. The zero-order valence-electron chi connectivity index (χ0n) is 24.0. The number of esters is 1. The van der Waals surface area contributed by atoms with Crippen LogP contribution in [0.1, 0.15) is 32.3 Å². The van der Waals surface area contributed by atoms with Gasteiger partial charge in [-0.25, -0.2) is 9.59 Å².